The molecule has 1 aromatic carbocycles. The lowest BCUT2D eigenvalue weighted by molar-refractivity contribution is 0.0878. The summed E-state index contributed by atoms with van der Waals surface area (Å²) in [7, 11) is 0. The van der Waals surface area contributed by atoms with E-state index in [9.17, 15) is 14.4 Å². The average Bonchev–Trinajstić information content (AvgIpc) is 2.92. The van der Waals surface area contributed by atoms with Gasteiger partial charge in [0, 0.05) is 38.3 Å². The number of rotatable bonds is 6. The van der Waals surface area contributed by atoms with Gasteiger partial charge in [-0.1, -0.05) is 6.92 Å². The van der Waals surface area contributed by atoms with Crippen molar-refractivity contribution in [1.29, 1.82) is 0 Å². The predicted octanol–water partition coefficient (Wildman–Crippen LogP) is 0.328. The molecule has 1 fully saturated rings. The summed E-state index contributed by atoms with van der Waals surface area (Å²) in [4.78, 5) is 40.3. The van der Waals surface area contributed by atoms with E-state index in [1.165, 1.54) is 12.1 Å². The van der Waals surface area contributed by atoms with Crippen molar-refractivity contribution >= 4 is 17.7 Å². The van der Waals surface area contributed by atoms with Crippen molar-refractivity contribution in [2.24, 2.45) is 0 Å². The van der Waals surface area contributed by atoms with Crippen LogP contribution in [0.5, 0.6) is 0 Å². The van der Waals surface area contributed by atoms with Gasteiger partial charge in [-0.25, -0.2) is 0 Å². The first-order valence-electron chi connectivity index (χ1n) is 8.81. The van der Waals surface area contributed by atoms with E-state index in [0.29, 0.717) is 17.7 Å². The molecule has 7 heteroatoms. The van der Waals surface area contributed by atoms with Gasteiger partial charge in [0.05, 0.1) is 11.1 Å². The van der Waals surface area contributed by atoms with Gasteiger partial charge in [-0.2, -0.15) is 0 Å². The van der Waals surface area contributed by atoms with Crippen LogP contribution in [0.4, 0.5) is 0 Å². The van der Waals surface area contributed by atoms with Crippen LogP contribution in [-0.4, -0.2) is 73.3 Å². The Morgan fingerprint density at radius 1 is 1.08 bits per heavy atom. The van der Waals surface area contributed by atoms with Crippen molar-refractivity contribution < 1.29 is 14.4 Å². The molecule has 0 aromatic heterocycles. The molecule has 7 nitrogen and oxygen atoms in total. The van der Waals surface area contributed by atoms with Crippen LogP contribution in [0.2, 0.25) is 0 Å². The standard InChI is InChI=1S/C18H24N4O3/c1-2-21-8-10-22(11-9-21)7-3-6-19-16(23)13-4-5-14-15(12-13)18(25)20-17(14)24/h4-5,12H,2-3,6-11H2,1H3,(H,19,23)(H,20,24,25). The maximum Gasteiger partial charge on any atom is 0.258 e. The number of fused-ring (bicyclic) bond motifs is 1. The van der Waals surface area contributed by atoms with Crippen molar-refractivity contribution in [2.45, 2.75) is 13.3 Å². The van der Waals surface area contributed by atoms with Gasteiger partial charge in [0.2, 0.25) is 0 Å². The number of hydrogen-bond acceptors (Lipinski definition) is 5. The lowest BCUT2D eigenvalue weighted by atomic mass is 10.1. The highest BCUT2D eigenvalue weighted by Crippen LogP contribution is 2.17. The average molecular weight is 344 g/mol. The fraction of sp³-hybridized carbons (Fsp3) is 0.500. The second-order valence-electron chi connectivity index (χ2n) is 6.43. The Morgan fingerprint density at radius 3 is 2.48 bits per heavy atom. The highest BCUT2D eigenvalue weighted by Gasteiger charge is 2.27. The van der Waals surface area contributed by atoms with Gasteiger partial charge in [-0.05, 0) is 37.7 Å². The zero-order chi connectivity index (χ0) is 17.8. The second kappa shape index (κ2) is 7.76. The zero-order valence-corrected chi connectivity index (χ0v) is 14.5. The topological polar surface area (TPSA) is 81.8 Å². The Hall–Kier alpha value is -2.25. The quantitative estimate of drug-likeness (QED) is 0.574. The maximum atomic E-state index is 12.2. The summed E-state index contributed by atoms with van der Waals surface area (Å²) in [6.45, 7) is 9.23. The molecule has 25 heavy (non-hydrogen) atoms. The minimum Gasteiger partial charge on any atom is -0.352 e. The number of imide groups is 1. The van der Waals surface area contributed by atoms with Crippen molar-refractivity contribution in [3.8, 4) is 0 Å². The van der Waals surface area contributed by atoms with Gasteiger partial charge in [-0.3, -0.25) is 19.7 Å². The molecule has 0 atom stereocenters. The van der Waals surface area contributed by atoms with E-state index in [-0.39, 0.29) is 11.5 Å². The Bertz CT molecular complexity index is 681. The molecule has 0 radical (unpaired) electrons. The normalized spacial score (nSPS) is 18.1. The number of amides is 3. The van der Waals surface area contributed by atoms with Crippen LogP contribution in [0.1, 0.15) is 44.4 Å². The van der Waals surface area contributed by atoms with E-state index in [1.54, 1.807) is 6.07 Å². The maximum absolute atomic E-state index is 12.2. The molecule has 3 rings (SSSR count). The molecular weight excluding hydrogens is 320 g/mol. The summed E-state index contributed by atoms with van der Waals surface area (Å²) in [5.74, 6) is -1.07. The van der Waals surface area contributed by atoms with E-state index in [2.05, 4.69) is 27.4 Å². The van der Waals surface area contributed by atoms with Crippen LogP contribution >= 0.6 is 0 Å². The number of nitrogens with one attached hydrogen (secondary N) is 2. The van der Waals surface area contributed by atoms with Crippen LogP contribution in [0.15, 0.2) is 18.2 Å². The summed E-state index contributed by atoms with van der Waals surface area (Å²) in [6.07, 6.45) is 0.891. The largest absolute Gasteiger partial charge is 0.352 e. The van der Waals surface area contributed by atoms with Crippen LogP contribution in [0.25, 0.3) is 0 Å². The van der Waals surface area contributed by atoms with Crippen molar-refractivity contribution in [2.75, 3.05) is 45.8 Å². The van der Waals surface area contributed by atoms with Gasteiger partial charge in [-0.15, -0.1) is 0 Å². The van der Waals surface area contributed by atoms with Crippen molar-refractivity contribution in [3.63, 3.8) is 0 Å². The van der Waals surface area contributed by atoms with E-state index in [1.807, 2.05) is 0 Å². The molecular formula is C18H24N4O3. The molecule has 0 saturated carbocycles. The van der Waals surface area contributed by atoms with E-state index >= 15 is 0 Å². The molecule has 2 aliphatic rings. The third kappa shape index (κ3) is 4.05. The zero-order valence-electron chi connectivity index (χ0n) is 14.5. The molecule has 2 N–H and O–H groups in total. The Labute approximate surface area is 147 Å². The smallest absolute Gasteiger partial charge is 0.258 e. The van der Waals surface area contributed by atoms with Gasteiger partial charge in [0.1, 0.15) is 0 Å². The summed E-state index contributed by atoms with van der Waals surface area (Å²) in [5.41, 5.74) is 0.999. The first kappa shape index (κ1) is 17.6. The van der Waals surface area contributed by atoms with E-state index in [0.717, 1.165) is 45.7 Å². The number of hydrogen-bond donors (Lipinski definition) is 2. The molecule has 2 heterocycles. The first-order valence-corrected chi connectivity index (χ1v) is 8.81. The number of carbonyl (C=O) groups excluding carboxylic acids is 3. The molecule has 0 unspecified atom stereocenters. The Balaban J connectivity index is 1.44. The summed E-state index contributed by atoms with van der Waals surface area (Å²) in [5, 5.41) is 5.11. The fourth-order valence-corrected chi connectivity index (χ4v) is 3.24. The number of nitrogens with zero attached hydrogens (tertiary/aromatic N) is 2. The first-order chi connectivity index (χ1) is 12.1. The lowest BCUT2D eigenvalue weighted by Gasteiger charge is -2.33. The summed E-state index contributed by atoms with van der Waals surface area (Å²) >= 11 is 0. The predicted molar refractivity (Wildman–Crippen MR) is 93.7 cm³/mol. The van der Waals surface area contributed by atoms with E-state index in [4.69, 9.17) is 0 Å². The molecule has 0 spiro atoms. The molecule has 0 bridgehead atoms. The molecule has 1 saturated heterocycles. The monoisotopic (exact) mass is 344 g/mol. The van der Waals surface area contributed by atoms with Crippen LogP contribution < -0.4 is 10.6 Å². The highest BCUT2D eigenvalue weighted by molar-refractivity contribution is 6.22. The molecule has 0 aliphatic carbocycles. The lowest BCUT2D eigenvalue weighted by Crippen LogP contribution is -2.46. The second-order valence-corrected chi connectivity index (χ2v) is 6.43. The summed E-state index contributed by atoms with van der Waals surface area (Å²) in [6, 6.07) is 4.59. The molecule has 3 amide bonds. The minimum atomic E-state index is -0.444. The van der Waals surface area contributed by atoms with Crippen LogP contribution in [-0.2, 0) is 0 Å². The number of benzene rings is 1. The number of piperazine rings is 1. The van der Waals surface area contributed by atoms with Crippen LogP contribution in [0, 0.1) is 0 Å². The number of likely N-dealkylation sites (N-methyl/N-ethyl adjacent to an activating group) is 1. The van der Waals surface area contributed by atoms with Gasteiger partial charge in [0.15, 0.2) is 0 Å². The fourth-order valence-electron chi connectivity index (χ4n) is 3.24. The third-order valence-corrected chi connectivity index (χ3v) is 4.85. The molecule has 2 aliphatic heterocycles. The molecule has 1 aromatic rings. The van der Waals surface area contributed by atoms with Crippen molar-refractivity contribution in [3.05, 3.63) is 34.9 Å². The highest BCUT2D eigenvalue weighted by atomic mass is 16.2. The summed E-state index contributed by atoms with van der Waals surface area (Å²) < 4.78 is 0. The van der Waals surface area contributed by atoms with Crippen LogP contribution in [0.3, 0.4) is 0 Å². The minimum absolute atomic E-state index is 0.217. The van der Waals surface area contributed by atoms with Gasteiger partial charge >= 0.3 is 0 Å². The Kier molecular flexibility index (Phi) is 5.45. The SMILES string of the molecule is CCN1CCN(CCCNC(=O)c2ccc3c(c2)C(=O)NC3=O)CC1. The van der Waals surface area contributed by atoms with E-state index < -0.39 is 11.8 Å². The number of carbonyl (C=O) groups is 3. The molecule has 134 valence electrons. The Morgan fingerprint density at radius 2 is 1.76 bits per heavy atom. The van der Waals surface area contributed by atoms with Crippen molar-refractivity contribution in [1.82, 2.24) is 20.4 Å². The van der Waals surface area contributed by atoms with Gasteiger partial charge < -0.3 is 15.1 Å². The van der Waals surface area contributed by atoms with Gasteiger partial charge in [0.25, 0.3) is 17.7 Å². The third-order valence-electron chi connectivity index (χ3n) is 4.85.